The van der Waals surface area contributed by atoms with Crippen molar-refractivity contribution in [1.82, 2.24) is 9.88 Å². The van der Waals surface area contributed by atoms with Crippen LogP contribution in [0.4, 0.5) is 0 Å². The highest BCUT2D eigenvalue weighted by Gasteiger charge is 2.08. The monoisotopic (exact) mass is 226 g/mol. The molecular weight excluding hydrogens is 208 g/mol. The van der Waals surface area contributed by atoms with Gasteiger partial charge in [0.25, 0.3) is 0 Å². The molecule has 0 saturated heterocycles. The van der Waals surface area contributed by atoms with Crippen molar-refractivity contribution in [3.8, 4) is 0 Å². The van der Waals surface area contributed by atoms with Crippen molar-refractivity contribution in [2.24, 2.45) is 0 Å². The van der Waals surface area contributed by atoms with Gasteiger partial charge in [0.1, 0.15) is 0 Å². The van der Waals surface area contributed by atoms with Crippen LogP contribution in [0.2, 0.25) is 0 Å². The number of nitrogens with zero attached hydrogens (tertiary/aromatic N) is 2. The number of carbonyl (C=O) groups is 1. The number of likely N-dealkylation sites (N-methyl/N-ethyl adjacent to an activating group) is 1. The van der Waals surface area contributed by atoms with E-state index in [9.17, 15) is 4.79 Å². The first kappa shape index (κ1) is 12.2. The summed E-state index contributed by atoms with van der Waals surface area (Å²) in [4.78, 5) is 17.6. The van der Waals surface area contributed by atoms with E-state index >= 15 is 0 Å². The van der Waals surface area contributed by atoms with E-state index in [-0.39, 0.29) is 5.91 Å². The average molecular weight is 226 g/mol. The van der Waals surface area contributed by atoms with E-state index in [1.165, 1.54) is 0 Å². The number of rotatable bonds is 6. The lowest BCUT2D eigenvalue weighted by atomic mass is 10.2. The molecule has 1 aromatic rings. The van der Waals surface area contributed by atoms with Crippen LogP contribution in [0.5, 0.6) is 0 Å². The molecule has 0 fully saturated rings. The number of hydrogen-bond acceptors (Lipinski definition) is 3. The summed E-state index contributed by atoms with van der Waals surface area (Å²) < 4.78 is 0. The zero-order valence-corrected chi connectivity index (χ0v) is 10.2. The summed E-state index contributed by atoms with van der Waals surface area (Å²) in [6.45, 7) is 2.87. The third-order valence-corrected chi connectivity index (χ3v) is 3.15. The predicted molar refractivity (Wildman–Crippen MR) is 63.0 cm³/mol. The van der Waals surface area contributed by atoms with Crippen molar-refractivity contribution in [2.45, 2.75) is 32.6 Å². The number of amides is 1. The largest absolute Gasteiger partial charge is 0.345 e. The van der Waals surface area contributed by atoms with E-state index in [2.05, 4.69) is 11.9 Å². The van der Waals surface area contributed by atoms with Crippen LogP contribution in [-0.4, -0.2) is 29.4 Å². The Hall–Kier alpha value is -0.900. The van der Waals surface area contributed by atoms with Gasteiger partial charge in [-0.1, -0.05) is 13.3 Å². The Morgan fingerprint density at radius 1 is 1.60 bits per heavy atom. The molecule has 0 atom stereocenters. The Morgan fingerprint density at radius 3 is 3.00 bits per heavy atom. The molecule has 0 aliphatic rings. The van der Waals surface area contributed by atoms with Crippen molar-refractivity contribution in [3.05, 3.63) is 16.6 Å². The normalized spacial score (nSPS) is 10.3. The van der Waals surface area contributed by atoms with E-state index in [4.69, 9.17) is 0 Å². The van der Waals surface area contributed by atoms with Gasteiger partial charge in [-0.2, -0.15) is 0 Å². The van der Waals surface area contributed by atoms with E-state index in [1.54, 1.807) is 22.4 Å². The Kier molecular flexibility index (Phi) is 5.32. The van der Waals surface area contributed by atoms with Crippen LogP contribution in [-0.2, 0) is 11.2 Å². The maximum Gasteiger partial charge on any atom is 0.222 e. The van der Waals surface area contributed by atoms with Crippen LogP contribution in [0.15, 0.2) is 11.6 Å². The van der Waals surface area contributed by atoms with E-state index in [1.807, 2.05) is 12.4 Å². The fraction of sp³-hybridized carbons (Fsp3) is 0.636. The first-order chi connectivity index (χ1) is 7.24. The zero-order chi connectivity index (χ0) is 11.1. The summed E-state index contributed by atoms with van der Waals surface area (Å²) in [6, 6.07) is 0. The summed E-state index contributed by atoms with van der Waals surface area (Å²) in [5, 5.41) is 3.07. The van der Waals surface area contributed by atoms with E-state index in [0.29, 0.717) is 6.42 Å². The molecule has 15 heavy (non-hydrogen) atoms. The molecule has 4 heteroatoms. The standard InChI is InChI=1S/C11H18N2OS/c1-3-4-5-11(14)13(2)8-6-10-12-7-9-15-10/h7,9H,3-6,8H2,1-2H3. The summed E-state index contributed by atoms with van der Waals surface area (Å²) in [6.07, 6.45) is 5.41. The average Bonchev–Trinajstić information content (AvgIpc) is 2.75. The highest BCUT2D eigenvalue weighted by Crippen LogP contribution is 2.06. The first-order valence-electron chi connectivity index (χ1n) is 5.36. The van der Waals surface area contributed by atoms with Crippen molar-refractivity contribution in [3.63, 3.8) is 0 Å². The van der Waals surface area contributed by atoms with Gasteiger partial charge in [0, 0.05) is 38.0 Å². The minimum Gasteiger partial charge on any atom is -0.345 e. The van der Waals surface area contributed by atoms with Crippen molar-refractivity contribution in [1.29, 1.82) is 0 Å². The van der Waals surface area contributed by atoms with Gasteiger partial charge in [0.2, 0.25) is 5.91 Å². The zero-order valence-electron chi connectivity index (χ0n) is 9.40. The minimum absolute atomic E-state index is 0.244. The molecule has 1 aromatic heterocycles. The number of unbranched alkanes of at least 4 members (excludes halogenated alkanes) is 1. The smallest absolute Gasteiger partial charge is 0.222 e. The van der Waals surface area contributed by atoms with E-state index in [0.717, 1.165) is 30.8 Å². The second-order valence-corrected chi connectivity index (χ2v) is 4.57. The Bertz CT molecular complexity index is 285. The fourth-order valence-electron chi connectivity index (χ4n) is 1.28. The van der Waals surface area contributed by atoms with Gasteiger partial charge in [-0.3, -0.25) is 4.79 Å². The highest BCUT2D eigenvalue weighted by atomic mass is 32.1. The summed E-state index contributed by atoms with van der Waals surface area (Å²) in [7, 11) is 1.87. The number of aromatic nitrogens is 1. The summed E-state index contributed by atoms with van der Waals surface area (Å²) in [5.74, 6) is 0.244. The van der Waals surface area contributed by atoms with Gasteiger partial charge in [-0.25, -0.2) is 4.98 Å². The molecule has 0 unspecified atom stereocenters. The van der Waals surface area contributed by atoms with Gasteiger partial charge in [-0.05, 0) is 6.42 Å². The number of carbonyl (C=O) groups excluding carboxylic acids is 1. The van der Waals surface area contributed by atoms with Gasteiger partial charge in [0.05, 0.1) is 5.01 Å². The van der Waals surface area contributed by atoms with Crippen LogP contribution in [0.3, 0.4) is 0 Å². The van der Waals surface area contributed by atoms with Gasteiger partial charge < -0.3 is 4.90 Å². The third-order valence-electron chi connectivity index (χ3n) is 2.31. The van der Waals surface area contributed by atoms with E-state index < -0.39 is 0 Å². The van der Waals surface area contributed by atoms with Crippen LogP contribution >= 0.6 is 11.3 Å². The second kappa shape index (κ2) is 6.56. The second-order valence-electron chi connectivity index (χ2n) is 3.59. The lowest BCUT2D eigenvalue weighted by Gasteiger charge is -2.15. The van der Waals surface area contributed by atoms with Gasteiger partial charge in [0.15, 0.2) is 0 Å². The predicted octanol–water partition coefficient (Wildman–Crippen LogP) is 2.33. The minimum atomic E-state index is 0.244. The molecule has 1 amide bonds. The lowest BCUT2D eigenvalue weighted by Crippen LogP contribution is -2.28. The molecule has 0 spiro atoms. The molecule has 1 rings (SSSR count). The van der Waals surface area contributed by atoms with Crippen molar-refractivity contribution < 1.29 is 4.79 Å². The van der Waals surface area contributed by atoms with Crippen LogP contribution in [0.1, 0.15) is 31.2 Å². The van der Waals surface area contributed by atoms with Crippen molar-refractivity contribution >= 4 is 17.2 Å². The number of hydrogen-bond donors (Lipinski definition) is 0. The molecule has 0 bridgehead atoms. The molecule has 84 valence electrons. The number of thiazole rings is 1. The maximum atomic E-state index is 11.6. The molecule has 3 nitrogen and oxygen atoms in total. The molecule has 0 saturated carbocycles. The topological polar surface area (TPSA) is 33.2 Å². The van der Waals surface area contributed by atoms with Crippen LogP contribution in [0, 0.1) is 0 Å². The maximum absolute atomic E-state index is 11.6. The fourth-order valence-corrected chi connectivity index (χ4v) is 1.89. The molecule has 0 aromatic carbocycles. The Labute approximate surface area is 95.1 Å². The molecule has 0 aliphatic heterocycles. The lowest BCUT2D eigenvalue weighted by molar-refractivity contribution is -0.129. The Balaban J connectivity index is 2.23. The summed E-state index contributed by atoms with van der Waals surface area (Å²) in [5.41, 5.74) is 0. The summed E-state index contributed by atoms with van der Waals surface area (Å²) >= 11 is 1.65. The SMILES string of the molecule is CCCCC(=O)N(C)CCc1nccs1. The van der Waals surface area contributed by atoms with Crippen LogP contribution in [0.25, 0.3) is 0 Å². The Morgan fingerprint density at radius 2 is 2.40 bits per heavy atom. The molecule has 1 heterocycles. The van der Waals surface area contributed by atoms with Gasteiger partial charge in [-0.15, -0.1) is 11.3 Å². The molecular formula is C11H18N2OS. The first-order valence-corrected chi connectivity index (χ1v) is 6.24. The third kappa shape index (κ3) is 4.42. The van der Waals surface area contributed by atoms with Gasteiger partial charge >= 0.3 is 0 Å². The highest BCUT2D eigenvalue weighted by molar-refractivity contribution is 7.09. The van der Waals surface area contributed by atoms with Crippen LogP contribution < -0.4 is 0 Å². The molecule has 0 aliphatic carbocycles. The molecule has 0 N–H and O–H groups in total. The quantitative estimate of drug-likeness (QED) is 0.746. The van der Waals surface area contributed by atoms with Crippen molar-refractivity contribution in [2.75, 3.05) is 13.6 Å². The molecule has 0 radical (unpaired) electrons.